The van der Waals surface area contributed by atoms with Gasteiger partial charge in [-0.15, -0.1) is 0 Å². The maximum atomic E-state index is 13.3. The van der Waals surface area contributed by atoms with E-state index in [1.54, 1.807) is 30.3 Å². The van der Waals surface area contributed by atoms with Crippen molar-refractivity contribution in [1.82, 2.24) is 0 Å². The Hall–Kier alpha value is -3.51. The van der Waals surface area contributed by atoms with Crippen molar-refractivity contribution in [3.63, 3.8) is 0 Å². The number of nitriles is 1. The molecule has 0 aromatic heterocycles. The highest BCUT2D eigenvalue weighted by molar-refractivity contribution is 14.1. The minimum absolute atomic E-state index is 0.0746. The van der Waals surface area contributed by atoms with Crippen LogP contribution in [-0.4, -0.2) is 11.9 Å². The standard InChI is InChI=1S/C23H14FIN2O3/c24-18-5-2-4-16(13-18)23(29)30-21-6-1-3-15(12-21)11-17(14-26)22(28)27-20-9-7-19(25)8-10-20/h1-13H,(H,27,28)/b17-11+. The fraction of sp³-hybridized carbons (Fsp3) is 0. The third-order valence-corrected chi connectivity index (χ3v) is 4.63. The highest BCUT2D eigenvalue weighted by Gasteiger charge is 2.12. The number of carbonyl (C=O) groups excluding carboxylic acids is 2. The number of anilines is 1. The van der Waals surface area contributed by atoms with Crippen LogP contribution >= 0.6 is 22.6 Å². The van der Waals surface area contributed by atoms with Crippen LogP contribution in [0.1, 0.15) is 15.9 Å². The molecule has 30 heavy (non-hydrogen) atoms. The van der Waals surface area contributed by atoms with Gasteiger partial charge in [0.2, 0.25) is 0 Å². The van der Waals surface area contributed by atoms with E-state index in [0.717, 1.165) is 9.64 Å². The summed E-state index contributed by atoms with van der Waals surface area (Å²) >= 11 is 2.15. The molecule has 1 amide bonds. The van der Waals surface area contributed by atoms with E-state index < -0.39 is 17.7 Å². The van der Waals surface area contributed by atoms with E-state index in [9.17, 15) is 19.2 Å². The first-order valence-electron chi connectivity index (χ1n) is 8.71. The summed E-state index contributed by atoms with van der Waals surface area (Å²) in [6.07, 6.45) is 1.39. The third kappa shape index (κ3) is 5.75. The lowest BCUT2D eigenvalue weighted by atomic mass is 10.1. The van der Waals surface area contributed by atoms with Crippen molar-refractivity contribution < 1.29 is 18.7 Å². The third-order valence-electron chi connectivity index (χ3n) is 3.91. The van der Waals surface area contributed by atoms with Gasteiger partial charge >= 0.3 is 5.97 Å². The number of esters is 1. The van der Waals surface area contributed by atoms with Gasteiger partial charge in [0.15, 0.2) is 0 Å². The molecule has 0 aliphatic carbocycles. The van der Waals surface area contributed by atoms with Gasteiger partial charge in [-0.1, -0.05) is 18.2 Å². The van der Waals surface area contributed by atoms with Crippen LogP contribution in [0.4, 0.5) is 10.1 Å². The lowest BCUT2D eigenvalue weighted by Crippen LogP contribution is -2.13. The van der Waals surface area contributed by atoms with Crippen molar-refractivity contribution in [2.75, 3.05) is 5.32 Å². The molecule has 0 aliphatic heterocycles. The van der Waals surface area contributed by atoms with Gasteiger partial charge in [0.1, 0.15) is 23.2 Å². The summed E-state index contributed by atoms with van der Waals surface area (Å²) in [5.74, 6) is -1.61. The van der Waals surface area contributed by atoms with Gasteiger partial charge < -0.3 is 10.1 Å². The highest BCUT2D eigenvalue weighted by atomic mass is 127. The van der Waals surface area contributed by atoms with E-state index in [1.165, 1.54) is 30.3 Å². The van der Waals surface area contributed by atoms with E-state index in [4.69, 9.17) is 4.74 Å². The molecule has 0 spiro atoms. The van der Waals surface area contributed by atoms with Crippen molar-refractivity contribution in [3.05, 3.63) is 98.9 Å². The second-order valence-corrected chi connectivity index (χ2v) is 7.35. The molecule has 0 aliphatic rings. The molecule has 3 aromatic carbocycles. The summed E-state index contributed by atoms with van der Waals surface area (Å²) in [6.45, 7) is 0. The molecule has 0 saturated heterocycles. The minimum Gasteiger partial charge on any atom is -0.423 e. The SMILES string of the molecule is N#C/C(=C\c1cccc(OC(=O)c2cccc(F)c2)c1)C(=O)Nc1ccc(I)cc1. The zero-order valence-corrected chi connectivity index (χ0v) is 17.6. The number of carbonyl (C=O) groups is 2. The van der Waals surface area contributed by atoms with Gasteiger partial charge in [0.25, 0.3) is 5.91 Å². The van der Waals surface area contributed by atoms with Gasteiger partial charge in [-0.25, -0.2) is 9.18 Å². The van der Waals surface area contributed by atoms with Gasteiger partial charge in [-0.2, -0.15) is 5.26 Å². The van der Waals surface area contributed by atoms with Crippen LogP contribution in [0, 0.1) is 20.7 Å². The Bertz CT molecular complexity index is 1170. The molecule has 7 heteroatoms. The van der Waals surface area contributed by atoms with E-state index in [2.05, 4.69) is 27.9 Å². The Labute approximate surface area is 185 Å². The molecular formula is C23H14FIN2O3. The van der Waals surface area contributed by atoms with Gasteiger partial charge in [-0.05, 0) is 88.8 Å². The number of halogens is 2. The summed E-state index contributed by atoms with van der Waals surface area (Å²) in [4.78, 5) is 24.6. The Kier molecular flexibility index (Phi) is 6.93. The molecule has 1 N–H and O–H groups in total. The summed E-state index contributed by atoms with van der Waals surface area (Å²) in [5.41, 5.74) is 1.03. The van der Waals surface area contributed by atoms with E-state index in [0.29, 0.717) is 11.3 Å². The Morgan fingerprint density at radius 2 is 1.77 bits per heavy atom. The second kappa shape index (κ2) is 9.80. The smallest absolute Gasteiger partial charge is 0.343 e. The number of nitrogens with one attached hydrogen (secondary N) is 1. The van der Waals surface area contributed by atoms with Crippen molar-refractivity contribution >= 4 is 46.2 Å². The summed E-state index contributed by atoms with van der Waals surface area (Å²) in [5, 5.41) is 12.0. The number of ether oxygens (including phenoxy) is 1. The van der Waals surface area contributed by atoms with Crippen LogP contribution in [0.5, 0.6) is 5.75 Å². The normalized spacial score (nSPS) is 10.8. The van der Waals surface area contributed by atoms with Crippen LogP contribution < -0.4 is 10.1 Å². The molecule has 0 radical (unpaired) electrons. The fourth-order valence-electron chi connectivity index (χ4n) is 2.50. The van der Waals surface area contributed by atoms with Crippen LogP contribution in [0.2, 0.25) is 0 Å². The maximum absolute atomic E-state index is 13.3. The lowest BCUT2D eigenvalue weighted by Gasteiger charge is -2.06. The van der Waals surface area contributed by atoms with Crippen LogP contribution in [-0.2, 0) is 4.79 Å². The number of amides is 1. The van der Waals surface area contributed by atoms with Gasteiger partial charge in [0, 0.05) is 9.26 Å². The number of rotatable bonds is 5. The summed E-state index contributed by atoms with van der Waals surface area (Å²) in [7, 11) is 0. The zero-order chi connectivity index (χ0) is 21.5. The summed E-state index contributed by atoms with van der Waals surface area (Å²) in [6, 6.07) is 20.5. The molecule has 148 valence electrons. The molecule has 0 saturated carbocycles. The highest BCUT2D eigenvalue weighted by Crippen LogP contribution is 2.19. The van der Waals surface area contributed by atoms with Crippen LogP contribution in [0.15, 0.2) is 78.4 Å². The van der Waals surface area contributed by atoms with Crippen LogP contribution in [0.3, 0.4) is 0 Å². The van der Waals surface area contributed by atoms with E-state index in [-0.39, 0.29) is 16.9 Å². The van der Waals surface area contributed by atoms with Crippen molar-refractivity contribution in [2.24, 2.45) is 0 Å². The Balaban J connectivity index is 1.75. The van der Waals surface area contributed by atoms with E-state index in [1.807, 2.05) is 18.2 Å². The Morgan fingerprint density at radius 3 is 2.47 bits per heavy atom. The first-order valence-corrected chi connectivity index (χ1v) is 9.79. The minimum atomic E-state index is -0.715. The van der Waals surface area contributed by atoms with Crippen molar-refractivity contribution in [1.29, 1.82) is 5.26 Å². The number of hydrogen-bond acceptors (Lipinski definition) is 4. The monoisotopic (exact) mass is 512 g/mol. The molecule has 0 fully saturated rings. The number of benzene rings is 3. The molecule has 0 bridgehead atoms. The quantitative estimate of drug-likeness (QED) is 0.168. The maximum Gasteiger partial charge on any atom is 0.343 e. The predicted octanol–water partition coefficient (Wildman–Crippen LogP) is 5.20. The average molecular weight is 512 g/mol. The van der Waals surface area contributed by atoms with Crippen LogP contribution in [0.25, 0.3) is 6.08 Å². The molecule has 3 rings (SSSR count). The molecule has 0 heterocycles. The molecule has 0 unspecified atom stereocenters. The van der Waals surface area contributed by atoms with E-state index >= 15 is 0 Å². The Morgan fingerprint density at radius 1 is 1.03 bits per heavy atom. The summed E-state index contributed by atoms with van der Waals surface area (Å²) < 4.78 is 19.6. The van der Waals surface area contributed by atoms with Gasteiger partial charge in [-0.3, -0.25) is 4.79 Å². The topological polar surface area (TPSA) is 79.2 Å². The largest absolute Gasteiger partial charge is 0.423 e. The first-order chi connectivity index (χ1) is 14.4. The lowest BCUT2D eigenvalue weighted by molar-refractivity contribution is -0.112. The number of nitrogens with zero attached hydrogens (tertiary/aromatic N) is 1. The van der Waals surface area contributed by atoms with Crippen molar-refractivity contribution in [3.8, 4) is 11.8 Å². The molecule has 5 nitrogen and oxygen atoms in total. The average Bonchev–Trinajstić information content (AvgIpc) is 2.74. The van der Waals surface area contributed by atoms with Gasteiger partial charge in [0.05, 0.1) is 5.56 Å². The molecular weight excluding hydrogens is 498 g/mol. The fourth-order valence-corrected chi connectivity index (χ4v) is 2.86. The molecule has 0 atom stereocenters. The second-order valence-electron chi connectivity index (χ2n) is 6.10. The molecule has 3 aromatic rings. The van der Waals surface area contributed by atoms with Crippen molar-refractivity contribution in [2.45, 2.75) is 0 Å². The first kappa shape index (κ1) is 21.2. The predicted molar refractivity (Wildman–Crippen MR) is 119 cm³/mol. The zero-order valence-electron chi connectivity index (χ0n) is 15.4. The number of hydrogen-bond donors (Lipinski definition) is 1.